The van der Waals surface area contributed by atoms with Gasteiger partial charge in [0.15, 0.2) is 5.75 Å². The minimum absolute atomic E-state index is 0.458. The summed E-state index contributed by atoms with van der Waals surface area (Å²) in [5.74, 6) is -0.561. The molecule has 0 saturated carbocycles. The number of hydrogen-bond acceptors (Lipinski definition) is 4. The number of benzene rings is 1. The summed E-state index contributed by atoms with van der Waals surface area (Å²) in [6.07, 6.45) is 3.24. The summed E-state index contributed by atoms with van der Waals surface area (Å²) in [5, 5.41) is 10.0. The molecule has 2 rings (SSSR count). The van der Waals surface area contributed by atoms with Gasteiger partial charge in [-0.3, -0.25) is 9.71 Å². The van der Waals surface area contributed by atoms with Gasteiger partial charge in [0.2, 0.25) is 10.0 Å². The Morgan fingerprint density at radius 1 is 1.35 bits per heavy atom. The SMILES string of the molecule is N#CCS(=O)(=O)Nc1cccc2cnccc12. The molecule has 0 fully saturated rings. The minimum atomic E-state index is -3.61. The molecule has 86 valence electrons. The van der Waals surface area contributed by atoms with Gasteiger partial charge in [0.25, 0.3) is 0 Å². The molecular weight excluding hydrogens is 238 g/mol. The van der Waals surface area contributed by atoms with Crippen molar-refractivity contribution in [3.05, 3.63) is 36.7 Å². The Balaban J connectivity index is 2.47. The first-order valence-corrected chi connectivity index (χ1v) is 6.48. The van der Waals surface area contributed by atoms with Crippen LogP contribution in [0.5, 0.6) is 0 Å². The Hall–Kier alpha value is -2.13. The van der Waals surface area contributed by atoms with Crippen molar-refractivity contribution in [1.29, 1.82) is 5.26 Å². The van der Waals surface area contributed by atoms with E-state index in [9.17, 15) is 8.42 Å². The molecule has 0 spiro atoms. The van der Waals surface area contributed by atoms with Crippen LogP contribution in [0.2, 0.25) is 0 Å². The van der Waals surface area contributed by atoms with Crippen molar-refractivity contribution in [3.8, 4) is 6.07 Å². The van der Waals surface area contributed by atoms with Crippen LogP contribution in [0, 0.1) is 11.3 Å². The van der Waals surface area contributed by atoms with Crippen molar-refractivity contribution >= 4 is 26.5 Å². The lowest BCUT2D eigenvalue weighted by Gasteiger charge is -2.08. The predicted molar refractivity (Wildman–Crippen MR) is 64.8 cm³/mol. The largest absolute Gasteiger partial charge is 0.282 e. The molecule has 0 unspecified atom stereocenters. The van der Waals surface area contributed by atoms with E-state index in [2.05, 4.69) is 9.71 Å². The van der Waals surface area contributed by atoms with Gasteiger partial charge in [0.1, 0.15) is 0 Å². The molecule has 0 aliphatic carbocycles. The quantitative estimate of drug-likeness (QED) is 0.890. The third-order valence-corrected chi connectivity index (χ3v) is 3.24. The highest BCUT2D eigenvalue weighted by molar-refractivity contribution is 7.92. The van der Waals surface area contributed by atoms with Gasteiger partial charge < -0.3 is 0 Å². The van der Waals surface area contributed by atoms with Crippen LogP contribution in [-0.4, -0.2) is 19.2 Å². The fraction of sp³-hybridized carbons (Fsp3) is 0.0909. The van der Waals surface area contributed by atoms with Crippen molar-refractivity contribution in [2.75, 3.05) is 10.5 Å². The molecule has 0 radical (unpaired) electrons. The molecule has 5 nitrogen and oxygen atoms in total. The Bertz CT molecular complexity index is 684. The van der Waals surface area contributed by atoms with Crippen LogP contribution in [0.4, 0.5) is 5.69 Å². The summed E-state index contributed by atoms with van der Waals surface area (Å²) >= 11 is 0. The lowest BCUT2D eigenvalue weighted by atomic mass is 10.1. The number of sulfonamides is 1. The van der Waals surface area contributed by atoms with Crippen LogP contribution < -0.4 is 4.72 Å². The van der Waals surface area contributed by atoms with Crippen LogP contribution in [0.15, 0.2) is 36.7 Å². The highest BCUT2D eigenvalue weighted by Crippen LogP contribution is 2.22. The second-order valence-electron chi connectivity index (χ2n) is 3.42. The Labute approximate surface area is 98.8 Å². The van der Waals surface area contributed by atoms with Gasteiger partial charge in [-0.1, -0.05) is 12.1 Å². The normalized spacial score (nSPS) is 11.0. The molecule has 0 aliphatic rings. The zero-order valence-electron chi connectivity index (χ0n) is 8.79. The van der Waals surface area contributed by atoms with Gasteiger partial charge >= 0.3 is 0 Å². The second-order valence-corrected chi connectivity index (χ2v) is 5.14. The lowest BCUT2D eigenvalue weighted by molar-refractivity contribution is 0.604. The summed E-state index contributed by atoms with van der Waals surface area (Å²) in [4.78, 5) is 3.96. The number of pyridine rings is 1. The predicted octanol–water partition coefficient (Wildman–Crippen LogP) is 1.50. The zero-order chi connectivity index (χ0) is 12.3. The number of hydrogen-bond donors (Lipinski definition) is 1. The number of anilines is 1. The van der Waals surface area contributed by atoms with Gasteiger partial charge in [-0.05, 0) is 12.1 Å². The maximum absolute atomic E-state index is 11.5. The fourth-order valence-corrected chi connectivity index (χ4v) is 2.26. The molecule has 6 heteroatoms. The first kappa shape index (κ1) is 11.4. The van der Waals surface area contributed by atoms with Crippen LogP contribution in [0.1, 0.15) is 0 Å². The van der Waals surface area contributed by atoms with Crippen molar-refractivity contribution in [3.63, 3.8) is 0 Å². The van der Waals surface area contributed by atoms with Crippen LogP contribution >= 0.6 is 0 Å². The highest BCUT2D eigenvalue weighted by Gasteiger charge is 2.11. The van der Waals surface area contributed by atoms with E-state index in [1.807, 2.05) is 6.07 Å². The van der Waals surface area contributed by atoms with Crippen LogP contribution in [-0.2, 0) is 10.0 Å². The van der Waals surface area contributed by atoms with E-state index in [-0.39, 0.29) is 0 Å². The fourth-order valence-electron chi connectivity index (χ4n) is 1.50. The van der Waals surface area contributed by atoms with Crippen LogP contribution in [0.25, 0.3) is 10.8 Å². The monoisotopic (exact) mass is 247 g/mol. The molecule has 0 atom stereocenters. The van der Waals surface area contributed by atoms with E-state index in [0.717, 1.165) is 10.8 Å². The van der Waals surface area contributed by atoms with Crippen molar-refractivity contribution < 1.29 is 8.42 Å². The van der Waals surface area contributed by atoms with Crippen molar-refractivity contribution in [2.24, 2.45) is 0 Å². The highest BCUT2D eigenvalue weighted by atomic mass is 32.2. The Kier molecular flexibility index (Phi) is 2.93. The third-order valence-electron chi connectivity index (χ3n) is 2.20. The topological polar surface area (TPSA) is 82.8 Å². The summed E-state index contributed by atoms with van der Waals surface area (Å²) in [6, 6.07) is 8.55. The van der Waals surface area contributed by atoms with E-state index in [4.69, 9.17) is 5.26 Å². The summed E-state index contributed by atoms with van der Waals surface area (Å²) in [7, 11) is -3.61. The molecule has 17 heavy (non-hydrogen) atoms. The molecule has 1 aromatic carbocycles. The lowest BCUT2D eigenvalue weighted by Crippen LogP contribution is -2.15. The number of nitrogens with one attached hydrogen (secondary N) is 1. The van der Waals surface area contributed by atoms with Gasteiger partial charge in [0.05, 0.1) is 11.8 Å². The average molecular weight is 247 g/mol. The molecule has 0 saturated heterocycles. The van der Waals surface area contributed by atoms with E-state index >= 15 is 0 Å². The van der Waals surface area contributed by atoms with Gasteiger partial charge in [-0.25, -0.2) is 8.42 Å². The molecule has 1 heterocycles. The van der Waals surface area contributed by atoms with Gasteiger partial charge in [-0.15, -0.1) is 0 Å². The molecule has 1 aromatic heterocycles. The minimum Gasteiger partial charge on any atom is -0.282 e. The standard InChI is InChI=1S/C11H9N3O2S/c12-5-7-17(15,16)14-11-3-1-2-9-8-13-6-4-10(9)11/h1-4,6,8,14H,7H2. The number of fused-ring (bicyclic) bond motifs is 1. The van der Waals surface area contributed by atoms with Crippen molar-refractivity contribution in [1.82, 2.24) is 4.98 Å². The molecule has 1 N–H and O–H groups in total. The van der Waals surface area contributed by atoms with E-state index in [1.165, 1.54) is 0 Å². The molecule has 0 aliphatic heterocycles. The Morgan fingerprint density at radius 2 is 2.18 bits per heavy atom. The molecular formula is C11H9N3O2S. The van der Waals surface area contributed by atoms with E-state index in [1.54, 1.807) is 36.7 Å². The number of nitrogens with zero attached hydrogens (tertiary/aromatic N) is 2. The molecule has 0 amide bonds. The maximum atomic E-state index is 11.5. The molecule has 0 bridgehead atoms. The first-order valence-electron chi connectivity index (χ1n) is 4.82. The summed E-state index contributed by atoms with van der Waals surface area (Å²) in [5.41, 5.74) is 0.458. The first-order chi connectivity index (χ1) is 8.12. The average Bonchev–Trinajstić information content (AvgIpc) is 2.29. The molecule has 2 aromatic rings. The summed E-state index contributed by atoms with van der Waals surface area (Å²) in [6.45, 7) is 0. The van der Waals surface area contributed by atoms with E-state index < -0.39 is 15.8 Å². The summed E-state index contributed by atoms with van der Waals surface area (Å²) < 4.78 is 25.4. The van der Waals surface area contributed by atoms with Gasteiger partial charge in [0, 0.05) is 23.2 Å². The number of nitriles is 1. The van der Waals surface area contributed by atoms with Gasteiger partial charge in [-0.2, -0.15) is 5.26 Å². The Morgan fingerprint density at radius 3 is 2.94 bits per heavy atom. The van der Waals surface area contributed by atoms with Crippen LogP contribution in [0.3, 0.4) is 0 Å². The number of aromatic nitrogens is 1. The van der Waals surface area contributed by atoms with E-state index in [0.29, 0.717) is 5.69 Å². The third kappa shape index (κ3) is 2.52. The maximum Gasteiger partial charge on any atom is 0.246 e. The van der Waals surface area contributed by atoms with Crippen molar-refractivity contribution in [2.45, 2.75) is 0 Å². The second kappa shape index (κ2) is 4.39. The zero-order valence-corrected chi connectivity index (χ0v) is 9.61. The number of rotatable bonds is 3. The smallest absolute Gasteiger partial charge is 0.246 e.